The molecule has 0 radical (unpaired) electrons. The minimum atomic E-state index is 0. The standard InChI is InChI=1S/C10H7.CH4O.Mg/c1-2-6-10-8-4-3-7-9(10)5-1;1-2;/h1-7H;2H,1H3;/q-1;;+2. The van der Waals surface area contributed by atoms with E-state index in [0.29, 0.717) is 0 Å². The maximum Gasteiger partial charge on any atom is 2.00 e. The van der Waals surface area contributed by atoms with Crippen LogP contribution in [0.15, 0.2) is 42.5 Å². The molecular weight excluding hydrogens is 172 g/mol. The summed E-state index contributed by atoms with van der Waals surface area (Å²) in [4.78, 5) is 0. The first-order chi connectivity index (χ1) is 5.97. The summed E-state index contributed by atoms with van der Waals surface area (Å²) in [5, 5.41) is 9.44. The van der Waals surface area contributed by atoms with Gasteiger partial charge in [-0.15, -0.1) is 47.2 Å². The largest absolute Gasteiger partial charge is 2.00 e. The number of benzene rings is 2. The van der Waals surface area contributed by atoms with Crippen molar-refractivity contribution in [3.63, 3.8) is 0 Å². The van der Waals surface area contributed by atoms with Crippen molar-refractivity contribution in [2.45, 2.75) is 0 Å². The molecule has 1 nitrogen and oxygen atoms in total. The van der Waals surface area contributed by atoms with E-state index in [-0.39, 0.29) is 23.1 Å². The van der Waals surface area contributed by atoms with E-state index in [1.54, 1.807) is 0 Å². The van der Waals surface area contributed by atoms with Crippen molar-refractivity contribution in [1.82, 2.24) is 0 Å². The predicted octanol–water partition coefficient (Wildman–Crippen LogP) is 1.87. The number of hydrogen-bond acceptors (Lipinski definition) is 1. The molecular formula is C11H11MgO+. The maximum absolute atomic E-state index is 7.00. The molecule has 1 N–H and O–H groups in total. The predicted molar refractivity (Wildman–Crippen MR) is 56.7 cm³/mol. The molecule has 0 amide bonds. The van der Waals surface area contributed by atoms with Crippen LogP contribution in [-0.2, 0) is 0 Å². The van der Waals surface area contributed by atoms with Crippen LogP contribution in [0.2, 0.25) is 0 Å². The Morgan fingerprint density at radius 1 is 1.00 bits per heavy atom. The fourth-order valence-electron chi connectivity index (χ4n) is 1.06. The number of hydrogen-bond donors (Lipinski definition) is 1. The van der Waals surface area contributed by atoms with Crippen molar-refractivity contribution in [3.8, 4) is 0 Å². The first-order valence-electron chi connectivity index (χ1n) is 3.77. The Kier molecular flexibility index (Phi) is 6.59. The van der Waals surface area contributed by atoms with Crippen LogP contribution in [0.1, 0.15) is 0 Å². The van der Waals surface area contributed by atoms with Gasteiger partial charge in [0.05, 0.1) is 0 Å². The smallest absolute Gasteiger partial charge is 0.400 e. The number of aliphatic hydroxyl groups is 1. The summed E-state index contributed by atoms with van der Waals surface area (Å²) in [6.07, 6.45) is 0. The first-order valence-corrected chi connectivity index (χ1v) is 3.77. The van der Waals surface area contributed by atoms with Gasteiger partial charge in [0, 0.05) is 7.11 Å². The second-order valence-corrected chi connectivity index (χ2v) is 2.26. The van der Waals surface area contributed by atoms with Gasteiger partial charge in [-0.1, -0.05) is 12.1 Å². The number of fused-ring (bicyclic) bond motifs is 1. The molecule has 2 rings (SSSR count). The van der Waals surface area contributed by atoms with Gasteiger partial charge < -0.3 is 5.11 Å². The van der Waals surface area contributed by atoms with Crippen molar-refractivity contribution < 1.29 is 5.11 Å². The summed E-state index contributed by atoms with van der Waals surface area (Å²) >= 11 is 0. The second-order valence-electron chi connectivity index (χ2n) is 2.26. The van der Waals surface area contributed by atoms with Crippen molar-refractivity contribution in [1.29, 1.82) is 0 Å². The molecule has 0 atom stereocenters. The molecule has 2 aromatic carbocycles. The fourth-order valence-corrected chi connectivity index (χ4v) is 1.06. The van der Waals surface area contributed by atoms with E-state index in [1.807, 2.05) is 24.3 Å². The molecule has 0 fully saturated rings. The van der Waals surface area contributed by atoms with Crippen molar-refractivity contribution in [2.24, 2.45) is 0 Å². The first kappa shape index (κ1) is 12.4. The second kappa shape index (κ2) is 6.89. The van der Waals surface area contributed by atoms with E-state index in [9.17, 15) is 0 Å². The van der Waals surface area contributed by atoms with E-state index in [0.717, 1.165) is 7.11 Å². The fraction of sp³-hybridized carbons (Fsp3) is 0.0909. The normalized spacial score (nSPS) is 8.15. The van der Waals surface area contributed by atoms with Gasteiger partial charge in [-0.3, -0.25) is 0 Å². The van der Waals surface area contributed by atoms with Crippen molar-refractivity contribution in [2.75, 3.05) is 7.11 Å². The molecule has 2 aromatic rings. The van der Waals surface area contributed by atoms with E-state index in [1.165, 1.54) is 10.8 Å². The van der Waals surface area contributed by atoms with Gasteiger partial charge in [-0.25, -0.2) is 0 Å². The maximum atomic E-state index is 7.00. The third kappa shape index (κ3) is 3.34. The molecule has 0 aliphatic heterocycles. The van der Waals surface area contributed by atoms with Gasteiger partial charge >= 0.3 is 23.1 Å². The van der Waals surface area contributed by atoms with Crippen LogP contribution < -0.4 is 0 Å². The average Bonchev–Trinajstić information content (AvgIpc) is 2.21. The quantitative estimate of drug-likeness (QED) is 0.488. The van der Waals surface area contributed by atoms with Gasteiger partial charge in [0.2, 0.25) is 0 Å². The Morgan fingerprint density at radius 2 is 1.62 bits per heavy atom. The molecule has 0 spiro atoms. The zero-order valence-electron chi connectivity index (χ0n) is 7.70. The molecule has 0 unspecified atom stereocenters. The van der Waals surface area contributed by atoms with Crippen molar-refractivity contribution in [3.05, 3.63) is 48.5 Å². The third-order valence-electron chi connectivity index (χ3n) is 1.57. The molecule has 0 aromatic heterocycles. The van der Waals surface area contributed by atoms with Crippen LogP contribution in [0.5, 0.6) is 0 Å². The third-order valence-corrected chi connectivity index (χ3v) is 1.57. The zero-order chi connectivity index (χ0) is 8.81. The Labute approximate surface area is 94.5 Å². The van der Waals surface area contributed by atoms with Crippen LogP contribution in [0.3, 0.4) is 0 Å². The molecule has 13 heavy (non-hydrogen) atoms. The number of rotatable bonds is 0. The minimum absolute atomic E-state index is 0. The summed E-state index contributed by atoms with van der Waals surface area (Å²) in [6.45, 7) is 0. The van der Waals surface area contributed by atoms with E-state index >= 15 is 0 Å². The molecule has 62 valence electrons. The van der Waals surface area contributed by atoms with Crippen LogP contribution in [0, 0.1) is 6.07 Å². The summed E-state index contributed by atoms with van der Waals surface area (Å²) in [5.74, 6) is 0. The van der Waals surface area contributed by atoms with Gasteiger partial charge in [-0.2, -0.15) is 0 Å². The van der Waals surface area contributed by atoms with Crippen LogP contribution in [0.4, 0.5) is 0 Å². The van der Waals surface area contributed by atoms with Crippen molar-refractivity contribution >= 4 is 33.8 Å². The summed E-state index contributed by atoms with van der Waals surface area (Å²) in [5.41, 5.74) is 0. The molecule has 0 saturated heterocycles. The average molecular weight is 184 g/mol. The Bertz CT molecular complexity index is 281. The summed E-state index contributed by atoms with van der Waals surface area (Å²) < 4.78 is 0. The molecule has 0 aliphatic rings. The van der Waals surface area contributed by atoms with E-state index in [2.05, 4.69) is 24.3 Å². The summed E-state index contributed by atoms with van der Waals surface area (Å²) in [7, 11) is 1.00. The Morgan fingerprint density at radius 3 is 2.31 bits per heavy atom. The SMILES string of the molecule is CO.[Mg+2].[c-]1cccc2ccccc12. The van der Waals surface area contributed by atoms with Gasteiger partial charge in [0.15, 0.2) is 0 Å². The van der Waals surface area contributed by atoms with E-state index < -0.39 is 0 Å². The topological polar surface area (TPSA) is 20.2 Å². The van der Waals surface area contributed by atoms with E-state index in [4.69, 9.17) is 5.11 Å². The van der Waals surface area contributed by atoms with Gasteiger partial charge in [0.25, 0.3) is 0 Å². The van der Waals surface area contributed by atoms with Crippen LogP contribution in [0.25, 0.3) is 10.8 Å². The van der Waals surface area contributed by atoms with Crippen LogP contribution in [-0.4, -0.2) is 35.3 Å². The Balaban J connectivity index is 0.000000451. The molecule has 2 heteroatoms. The summed E-state index contributed by atoms with van der Waals surface area (Å²) in [6, 6.07) is 17.4. The van der Waals surface area contributed by atoms with Gasteiger partial charge in [0.1, 0.15) is 0 Å². The number of aliphatic hydroxyl groups excluding tert-OH is 1. The monoisotopic (exact) mass is 183 g/mol. The molecule has 0 saturated carbocycles. The molecule has 0 aliphatic carbocycles. The van der Waals surface area contributed by atoms with Gasteiger partial charge in [-0.05, 0) is 0 Å². The zero-order valence-corrected chi connectivity index (χ0v) is 9.11. The molecule has 0 bridgehead atoms. The molecule has 0 heterocycles. The minimum Gasteiger partial charge on any atom is -0.400 e. The van der Waals surface area contributed by atoms with Crippen LogP contribution >= 0.6 is 0 Å². The Hall–Kier alpha value is -0.574.